The number of rotatable bonds is 2. The summed E-state index contributed by atoms with van der Waals surface area (Å²) in [6.07, 6.45) is 0. The fourth-order valence-electron chi connectivity index (χ4n) is 3.00. The lowest BCUT2D eigenvalue weighted by Crippen LogP contribution is -2.54. The minimum Gasteiger partial charge on any atom is -0.464 e. The number of nitrogens with one attached hydrogen (secondary N) is 1. The van der Waals surface area contributed by atoms with Gasteiger partial charge in [-0.3, -0.25) is 0 Å². The van der Waals surface area contributed by atoms with Gasteiger partial charge in [0.25, 0.3) is 0 Å². The van der Waals surface area contributed by atoms with E-state index >= 15 is 0 Å². The van der Waals surface area contributed by atoms with Crippen molar-refractivity contribution in [2.45, 2.75) is 18.4 Å². The van der Waals surface area contributed by atoms with Crippen molar-refractivity contribution in [3.05, 3.63) is 29.8 Å². The van der Waals surface area contributed by atoms with Crippen molar-refractivity contribution in [3.8, 4) is 0 Å². The molecule has 114 valence electrons. The Hall–Kier alpha value is -2.70. The number of anilines is 1. The van der Waals surface area contributed by atoms with Crippen molar-refractivity contribution in [1.29, 1.82) is 0 Å². The number of nitrogens with zero attached hydrogens (tertiary/aromatic N) is 2. The quantitative estimate of drug-likeness (QED) is 0.820. The zero-order valence-corrected chi connectivity index (χ0v) is 12.4. The molecule has 2 atom stereocenters. The predicted octanol–water partition coefficient (Wildman–Crippen LogP) is 0.895. The molecule has 0 bridgehead atoms. The second kappa shape index (κ2) is 4.94. The molecule has 1 aromatic carbocycles. The van der Waals surface area contributed by atoms with E-state index in [1.165, 1.54) is 14.2 Å². The van der Waals surface area contributed by atoms with Gasteiger partial charge in [-0.1, -0.05) is 18.2 Å². The number of carbonyl (C=O) groups excluding carboxylic acids is 2. The van der Waals surface area contributed by atoms with E-state index in [1.807, 2.05) is 31.2 Å². The Kier molecular flexibility index (Phi) is 3.20. The predicted molar refractivity (Wildman–Crippen MR) is 80.1 cm³/mol. The molecular weight excluding hydrogens is 286 g/mol. The standard InChI is InChI=1S/C15H15N3O4/c1-15-8-6-4-5-7-9(8)16-11(15)10(13(19)21-2)17-18-12(15)14(20)22-3/h4-7,11,16H,1-3H3. The highest BCUT2D eigenvalue weighted by Gasteiger charge is 2.55. The maximum absolute atomic E-state index is 12.1. The van der Waals surface area contributed by atoms with Crippen LogP contribution in [-0.2, 0) is 24.5 Å². The van der Waals surface area contributed by atoms with Gasteiger partial charge in [0, 0.05) is 5.69 Å². The molecule has 0 amide bonds. The van der Waals surface area contributed by atoms with E-state index in [-0.39, 0.29) is 11.4 Å². The van der Waals surface area contributed by atoms with Crippen LogP contribution in [0.15, 0.2) is 34.5 Å². The lowest BCUT2D eigenvalue weighted by atomic mass is 9.72. The molecule has 1 aromatic rings. The van der Waals surface area contributed by atoms with Gasteiger partial charge < -0.3 is 14.8 Å². The van der Waals surface area contributed by atoms with Crippen LogP contribution >= 0.6 is 0 Å². The topological polar surface area (TPSA) is 89.4 Å². The number of methoxy groups -OCH3 is 2. The summed E-state index contributed by atoms with van der Waals surface area (Å²) >= 11 is 0. The molecule has 2 aliphatic heterocycles. The molecule has 1 N–H and O–H groups in total. The van der Waals surface area contributed by atoms with Gasteiger partial charge in [0.15, 0.2) is 11.4 Å². The largest absolute Gasteiger partial charge is 0.464 e. The third-order valence-electron chi connectivity index (χ3n) is 4.16. The van der Waals surface area contributed by atoms with Crippen molar-refractivity contribution in [2.75, 3.05) is 19.5 Å². The maximum atomic E-state index is 12.1. The highest BCUT2D eigenvalue weighted by molar-refractivity contribution is 6.47. The van der Waals surface area contributed by atoms with Crippen LogP contribution in [0.3, 0.4) is 0 Å². The summed E-state index contributed by atoms with van der Waals surface area (Å²) in [6, 6.07) is 6.97. The SMILES string of the molecule is COC(=O)C1=NN=C(C(=O)OC)C2(C)c3ccccc3NC12. The highest BCUT2D eigenvalue weighted by Crippen LogP contribution is 2.44. The van der Waals surface area contributed by atoms with E-state index in [9.17, 15) is 9.59 Å². The van der Waals surface area contributed by atoms with Crippen molar-refractivity contribution in [3.63, 3.8) is 0 Å². The average molecular weight is 301 g/mol. The number of hydrogen-bond donors (Lipinski definition) is 1. The third-order valence-corrected chi connectivity index (χ3v) is 4.16. The Balaban J connectivity index is 2.21. The van der Waals surface area contributed by atoms with Crippen LogP contribution in [0.4, 0.5) is 5.69 Å². The van der Waals surface area contributed by atoms with Crippen LogP contribution in [0.2, 0.25) is 0 Å². The van der Waals surface area contributed by atoms with Crippen LogP contribution in [-0.4, -0.2) is 43.6 Å². The van der Waals surface area contributed by atoms with Gasteiger partial charge in [0.2, 0.25) is 0 Å². The highest BCUT2D eigenvalue weighted by atomic mass is 16.5. The summed E-state index contributed by atoms with van der Waals surface area (Å²) in [6.45, 7) is 1.84. The van der Waals surface area contributed by atoms with Crippen molar-refractivity contribution in [1.82, 2.24) is 0 Å². The minimum absolute atomic E-state index is 0.133. The summed E-state index contributed by atoms with van der Waals surface area (Å²) in [5, 5.41) is 11.1. The number of hydrogen-bond acceptors (Lipinski definition) is 7. The van der Waals surface area contributed by atoms with Crippen LogP contribution in [0, 0.1) is 0 Å². The first-order chi connectivity index (χ1) is 10.5. The zero-order chi connectivity index (χ0) is 15.9. The Labute approximate surface area is 127 Å². The summed E-state index contributed by atoms with van der Waals surface area (Å²) in [7, 11) is 2.57. The fraction of sp³-hybridized carbons (Fsp3) is 0.333. The molecule has 7 heteroatoms. The van der Waals surface area contributed by atoms with Crippen molar-refractivity contribution < 1.29 is 19.1 Å². The number of para-hydroxylation sites is 1. The molecule has 22 heavy (non-hydrogen) atoms. The van der Waals surface area contributed by atoms with Gasteiger partial charge in [-0.05, 0) is 18.6 Å². The Bertz CT molecular complexity index is 725. The molecule has 7 nitrogen and oxygen atoms in total. The zero-order valence-electron chi connectivity index (χ0n) is 12.4. The molecule has 2 aliphatic rings. The number of benzene rings is 1. The second-order valence-corrected chi connectivity index (χ2v) is 5.24. The van der Waals surface area contributed by atoms with E-state index in [2.05, 4.69) is 15.5 Å². The van der Waals surface area contributed by atoms with Crippen LogP contribution in [0.5, 0.6) is 0 Å². The molecule has 2 unspecified atom stereocenters. The van der Waals surface area contributed by atoms with E-state index < -0.39 is 23.4 Å². The Morgan fingerprint density at radius 1 is 1.14 bits per heavy atom. The first kappa shape index (κ1) is 14.2. The molecule has 0 fully saturated rings. The summed E-state index contributed by atoms with van der Waals surface area (Å²) in [5.41, 5.74) is 1.12. The second-order valence-electron chi connectivity index (χ2n) is 5.24. The van der Waals surface area contributed by atoms with E-state index in [4.69, 9.17) is 9.47 Å². The minimum atomic E-state index is -0.852. The molecule has 3 rings (SSSR count). The number of ether oxygens (including phenoxy) is 2. The van der Waals surface area contributed by atoms with E-state index in [1.54, 1.807) is 0 Å². The van der Waals surface area contributed by atoms with Crippen LogP contribution in [0.1, 0.15) is 12.5 Å². The van der Waals surface area contributed by atoms with Crippen molar-refractivity contribution >= 4 is 29.0 Å². The number of esters is 2. The Morgan fingerprint density at radius 3 is 2.50 bits per heavy atom. The number of carbonyl (C=O) groups is 2. The lowest BCUT2D eigenvalue weighted by molar-refractivity contribution is -0.134. The van der Waals surface area contributed by atoms with Gasteiger partial charge in [-0.15, -0.1) is 10.2 Å². The molecular formula is C15H15N3O4. The average Bonchev–Trinajstić information content (AvgIpc) is 2.86. The van der Waals surface area contributed by atoms with Gasteiger partial charge in [0.05, 0.1) is 25.7 Å². The number of fused-ring (bicyclic) bond motifs is 3. The molecule has 0 spiro atoms. The summed E-state index contributed by atoms with van der Waals surface area (Å²) in [4.78, 5) is 24.1. The molecule has 0 saturated carbocycles. The molecule has 0 aromatic heterocycles. The van der Waals surface area contributed by atoms with E-state index in [0.29, 0.717) is 0 Å². The fourth-order valence-corrected chi connectivity index (χ4v) is 3.00. The Morgan fingerprint density at radius 2 is 1.82 bits per heavy atom. The smallest absolute Gasteiger partial charge is 0.356 e. The first-order valence-electron chi connectivity index (χ1n) is 6.72. The van der Waals surface area contributed by atoms with Gasteiger partial charge in [0.1, 0.15) is 0 Å². The third kappa shape index (κ3) is 1.75. The van der Waals surface area contributed by atoms with E-state index in [0.717, 1.165) is 11.3 Å². The summed E-state index contributed by atoms with van der Waals surface area (Å²) in [5.74, 6) is -1.15. The van der Waals surface area contributed by atoms with Crippen LogP contribution < -0.4 is 5.32 Å². The normalized spacial score (nSPS) is 25.1. The summed E-state index contributed by atoms with van der Waals surface area (Å²) < 4.78 is 9.59. The van der Waals surface area contributed by atoms with Gasteiger partial charge >= 0.3 is 11.9 Å². The van der Waals surface area contributed by atoms with Gasteiger partial charge in [-0.2, -0.15) is 0 Å². The first-order valence-corrected chi connectivity index (χ1v) is 6.72. The monoisotopic (exact) mass is 301 g/mol. The molecule has 0 radical (unpaired) electrons. The van der Waals surface area contributed by atoms with Gasteiger partial charge in [-0.25, -0.2) is 9.59 Å². The maximum Gasteiger partial charge on any atom is 0.356 e. The van der Waals surface area contributed by atoms with Crippen molar-refractivity contribution in [2.24, 2.45) is 10.2 Å². The lowest BCUT2D eigenvalue weighted by Gasteiger charge is -2.33. The van der Waals surface area contributed by atoms with Crippen LogP contribution in [0.25, 0.3) is 0 Å². The molecule has 2 heterocycles. The molecule has 0 saturated heterocycles. The molecule has 0 aliphatic carbocycles.